The highest BCUT2D eigenvalue weighted by Gasteiger charge is 2.16. The van der Waals surface area contributed by atoms with E-state index in [4.69, 9.17) is 5.73 Å². The van der Waals surface area contributed by atoms with Crippen LogP contribution in [0.3, 0.4) is 0 Å². The van der Waals surface area contributed by atoms with Crippen molar-refractivity contribution in [2.45, 2.75) is 26.3 Å². The normalized spacial score (nSPS) is 12.4. The van der Waals surface area contributed by atoms with Gasteiger partial charge in [0, 0.05) is 17.8 Å². The molecule has 1 aromatic carbocycles. The van der Waals surface area contributed by atoms with Gasteiger partial charge in [-0.3, -0.25) is 0 Å². The van der Waals surface area contributed by atoms with Gasteiger partial charge >= 0.3 is 0 Å². The lowest BCUT2D eigenvalue weighted by molar-refractivity contribution is 0.589. The average Bonchev–Trinajstić information content (AvgIpc) is 2.37. The fourth-order valence-electron chi connectivity index (χ4n) is 2.47. The van der Waals surface area contributed by atoms with Crippen LogP contribution in [-0.4, -0.2) is 12.0 Å². The minimum atomic E-state index is 0.190. The van der Waals surface area contributed by atoms with Crippen LogP contribution in [-0.2, 0) is 6.42 Å². The van der Waals surface area contributed by atoms with Gasteiger partial charge in [0.25, 0.3) is 0 Å². The lowest BCUT2D eigenvalue weighted by Gasteiger charge is -2.20. The lowest BCUT2D eigenvalue weighted by atomic mass is 9.95. The smallest absolute Gasteiger partial charge is 0.128 e. The Hall–Kier alpha value is -1.87. The summed E-state index contributed by atoms with van der Waals surface area (Å²) in [6.07, 6.45) is 2.67. The van der Waals surface area contributed by atoms with Crippen LogP contribution >= 0.6 is 0 Å². The van der Waals surface area contributed by atoms with Crippen molar-refractivity contribution in [2.75, 3.05) is 12.8 Å². The molecule has 3 nitrogen and oxygen atoms in total. The summed E-state index contributed by atoms with van der Waals surface area (Å²) in [5.74, 6) is 0.618. The van der Waals surface area contributed by atoms with Gasteiger partial charge in [0.15, 0.2) is 0 Å². The first-order valence-corrected chi connectivity index (χ1v) is 6.55. The number of nitrogen functional groups attached to an aromatic ring is 1. The van der Waals surface area contributed by atoms with E-state index in [1.807, 2.05) is 13.1 Å². The van der Waals surface area contributed by atoms with Gasteiger partial charge in [-0.15, -0.1) is 0 Å². The molecule has 1 heterocycles. The second-order valence-corrected chi connectivity index (χ2v) is 4.96. The molecule has 1 aromatic heterocycles. The fourth-order valence-corrected chi connectivity index (χ4v) is 2.47. The van der Waals surface area contributed by atoms with Gasteiger partial charge in [0.05, 0.1) is 0 Å². The van der Waals surface area contributed by atoms with Crippen molar-refractivity contribution in [3.05, 3.63) is 58.8 Å². The summed E-state index contributed by atoms with van der Waals surface area (Å²) in [5.41, 5.74) is 10.9. The predicted molar refractivity (Wildman–Crippen MR) is 80.1 cm³/mol. The summed E-state index contributed by atoms with van der Waals surface area (Å²) >= 11 is 0. The molecule has 0 spiro atoms. The van der Waals surface area contributed by atoms with E-state index in [1.54, 1.807) is 6.20 Å². The van der Waals surface area contributed by atoms with Crippen molar-refractivity contribution < 1.29 is 0 Å². The minimum Gasteiger partial charge on any atom is -0.383 e. The van der Waals surface area contributed by atoms with Crippen molar-refractivity contribution in [1.29, 1.82) is 0 Å². The van der Waals surface area contributed by atoms with Crippen LogP contribution in [0.25, 0.3) is 0 Å². The zero-order chi connectivity index (χ0) is 13.8. The largest absolute Gasteiger partial charge is 0.383 e. The summed E-state index contributed by atoms with van der Waals surface area (Å²) in [6.45, 7) is 4.19. The number of nitrogens with one attached hydrogen (secondary N) is 1. The van der Waals surface area contributed by atoms with E-state index >= 15 is 0 Å². The molecule has 0 radical (unpaired) electrons. The van der Waals surface area contributed by atoms with Crippen molar-refractivity contribution in [3.63, 3.8) is 0 Å². The summed E-state index contributed by atoms with van der Waals surface area (Å²) in [4.78, 5) is 4.21. The van der Waals surface area contributed by atoms with Gasteiger partial charge in [0.2, 0.25) is 0 Å². The Morgan fingerprint density at radius 1 is 1.26 bits per heavy atom. The third-order valence-electron chi connectivity index (χ3n) is 3.46. The molecule has 0 aliphatic carbocycles. The van der Waals surface area contributed by atoms with Gasteiger partial charge in [0.1, 0.15) is 5.82 Å². The van der Waals surface area contributed by atoms with Crippen molar-refractivity contribution >= 4 is 5.82 Å². The molecule has 0 amide bonds. The van der Waals surface area contributed by atoms with Gasteiger partial charge < -0.3 is 11.1 Å². The number of hydrogen-bond donors (Lipinski definition) is 2. The molecule has 0 aliphatic rings. The van der Waals surface area contributed by atoms with E-state index in [2.05, 4.69) is 48.4 Å². The van der Waals surface area contributed by atoms with Crippen LogP contribution < -0.4 is 11.1 Å². The van der Waals surface area contributed by atoms with Crippen molar-refractivity contribution in [3.8, 4) is 0 Å². The van der Waals surface area contributed by atoms with Crippen LogP contribution in [0.15, 0.2) is 36.5 Å². The van der Waals surface area contributed by atoms with E-state index in [1.165, 1.54) is 16.7 Å². The Balaban J connectivity index is 2.30. The number of benzene rings is 1. The maximum Gasteiger partial charge on any atom is 0.128 e. The average molecular weight is 255 g/mol. The number of aromatic nitrogens is 1. The van der Waals surface area contributed by atoms with E-state index in [0.717, 1.165) is 12.0 Å². The Kier molecular flexibility index (Phi) is 4.17. The maximum atomic E-state index is 6.03. The number of rotatable bonds is 4. The molecule has 1 atom stereocenters. The Bertz CT molecular complexity index is 543. The molecule has 3 N–H and O–H groups in total. The standard InChI is InChI=1S/C16H21N3/c1-11-5-4-6-13(9-11)10-14(18-3)15-12(2)7-8-19-16(15)17/h4-9,14,18H,10H2,1-3H3,(H2,17,19). The highest BCUT2D eigenvalue weighted by molar-refractivity contribution is 5.46. The number of pyridine rings is 1. The summed E-state index contributed by atoms with van der Waals surface area (Å²) < 4.78 is 0. The van der Waals surface area contributed by atoms with E-state index in [9.17, 15) is 0 Å². The topological polar surface area (TPSA) is 50.9 Å². The zero-order valence-corrected chi connectivity index (χ0v) is 11.8. The van der Waals surface area contributed by atoms with Gasteiger partial charge in [-0.1, -0.05) is 29.8 Å². The molecule has 19 heavy (non-hydrogen) atoms. The van der Waals surface area contributed by atoms with E-state index < -0.39 is 0 Å². The molecule has 0 saturated heterocycles. The third-order valence-corrected chi connectivity index (χ3v) is 3.46. The summed E-state index contributed by atoms with van der Waals surface area (Å²) in [6, 6.07) is 10.8. The lowest BCUT2D eigenvalue weighted by Crippen LogP contribution is -2.21. The molecular formula is C16H21N3. The molecule has 1 unspecified atom stereocenters. The van der Waals surface area contributed by atoms with E-state index in [-0.39, 0.29) is 6.04 Å². The highest BCUT2D eigenvalue weighted by atomic mass is 14.9. The van der Waals surface area contributed by atoms with Crippen LogP contribution in [0.5, 0.6) is 0 Å². The zero-order valence-electron chi connectivity index (χ0n) is 11.8. The number of nitrogens with two attached hydrogens (primary N) is 1. The molecule has 0 saturated carbocycles. The van der Waals surface area contributed by atoms with Crippen molar-refractivity contribution in [1.82, 2.24) is 10.3 Å². The monoisotopic (exact) mass is 255 g/mol. The molecule has 3 heteroatoms. The Labute approximate surface area is 114 Å². The number of likely N-dealkylation sites (N-methyl/N-ethyl adjacent to an activating group) is 1. The van der Waals surface area contributed by atoms with Crippen LogP contribution in [0.4, 0.5) is 5.82 Å². The van der Waals surface area contributed by atoms with Crippen LogP contribution in [0, 0.1) is 13.8 Å². The third kappa shape index (κ3) is 3.12. The first kappa shape index (κ1) is 13.6. The molecule has 2 aromatic rings. The second kappa shape index (κ2) is 5.85. The van der Waals surface area contributed by atoms with Gasteiger partial charge in [-0.25, -0.2) is 4.98 Å². The first-order valence-electron chi connectivity index (χ1n) is 6.55. The highest BCUT2D eigenvalue weighted by Crippen LogP contribution is 2.25. The molecule has 100 valence electrons. The van der Waals surface area contributed by atoms with Gasteiger partial charge in [-0.05, 0) is 44.5 Å². The van der Waals surface area contributed by atoms with Crippen LogP contribution in [0.2, 0.25) is 0 Å². The minimum absolute atomic E-state index is 0.190. The molecule has 0 aliphatic heterocycles. The molecule has 0 bridgehead atoms. The SMILES string of the molecule is CNC(Cc1cccc(C)c1)c1c(C)ccnc1N. The van der Waals surface area contributed by atoms with Crippen LogP contribution in [0.1, 0.15) is 28.3 Å². The summed E-state index contributed by atoms with van der Waals surface area (Å²) in [7, 11) is 1.96. The summed E-state index contributed by atoms with van der Waals surface area (Å²) in [5, 5.41) is 3.35. The second-order valence-electron chi connectivity index (χ2n) is 4.96. The fraction of sp³-hybridized carbons (Fsp3) is 0.312. The Morgan fingerprint density at radius 2 is 2.05 bits per heavy atom. The molecular weight excluding hydrogens is 234 g/mol. The number of hydrogen-bond acceptors (Lipinski definition) is 3. The van der Waals surface area contributed by atoms with Gasteiger partial charge in [-0.2, -0.15) is 0 Å². The van der Waals surface area contributed by atoms with Crippen molar-refractivity contribution in [2.24, 2.45) is 0 Å². The molecule has 2 rings (SSSR count). The quantitative estimate of drug-likeness (QED) is 0.883. The first-order chi connectivity index (χ1) is 9.11. The Morgan fingerprint density at radius 3 is 2.68 bits per heavy atom. The van der Waals surface area contributed by atoms with E-state index in [0.29, 0.717) is 5.82 Å². The number of aryl methyl sites for hydroxylation is 2. The number of anilines is 1. The molecule has 0 fully saturated rings. The maximum absolute atomic E-state index is 6.03. The predicted octanol–water partition coefficient (Wildman–Crippen LogP) is 2.78. The number of nitrogens with zero attached hydrogens (tertiary/aromatic N) is 1.